The Balaban J connectivity index is 1.50. The van der Waals surface area contributed by atoms with E-state index in [1.807, 2.05) is 6.07 Å². The number of nitriles is 1. The molecule has 4 rings (SSSR count). The van der Waals surface area contributed by atoms with Gasteiger partial charge in [0.2, 0.25) is 5.91 Å². The zero-order chi connectivity index (χ0) is 18.1. The molecule has 0 atom stereocenters. The summed E-state index contributed by atoms with van der Waals surface area (Å²) in [4.78, 5) is 25.6. The van der Waals surface area contributed by atoms with Gasteiger partial charge in [0.15, 0.2) is 5.58 Å². The first kappa shape index (κ1) is 16.6. The van der Waals surface area contributed by atoms with Crippen LogP contribution in [-0.4, -0.2) is 10.5 Å². The first-order valence-corrected chi connectivity index (χ1v) is 9.42. The van der Waals surface area contributed by atoms with Crippen molar-refractivity contribution in [2.75, 3.05) is 5.32 Å². The van der Waals surface area contributed by atoms with Gasteiger partial charge >= 0.3 is 5.76 Å². The lowest BCUT2D eigenvalue weighted by Gasteiger charge is -2.09. The van der Waals surface area contributed by atoms with Crippen LogP contribution in [0.15, 0.2) is 33.5 Å². The van der Waals surface area contributed by atoms with E-state index >= 15 is 0 Å². The van der Waals surface area contributed by atoms with Gasteiger partial charge in [-0.15, -0.1) is 11.3 Å². The number of benzene rings is 1. The SMILES string of the molecule is N#Cc1c(NC(=O)CCn2c(=O)oc3ccccc32)sc2c1CCCC2. The molecule has 0 spiro atoms. The third kappa shape index (κ3) is 2.93. The second-order valence-corrected chi connectivity index (χ2v) is 7.42. The van der Waals surface area contributed by atoms with Gasteiger partial charge in [-0.25, -0.2) is 4.79 Å². The molecule has 7 heteroatoms. The number of aromatic nitrogens is 1. The first-order chi connectivity index (χ1) is 12.7. The van der Waals surface area contributed by atoms with E-state index in [0.717, 1.165) is 31.2 Å². The molecular formula is C19H17N3O3S. The van der Waals surface area contributed by atoms with Crippen molar-refractivity contribution < 1.29 is 9.21 Å². The Morgan fingerprint density at radius 3 is 2.96 bits per heavy atom. The summed E-state index contributed by atoms with van der Waals surface area (Å²) in [5.74, 6) is -0.680. The summed E-state index contributed by atoms with van der Waals surface area (Å²) in [5, 5.41) is 13.0. The molecule has 0 aliphatic heterocycles. The Hall–Kier alpha value is -2.85. The number of para-hydroxylation sites is 2. The van der Waals surface area contributed by atoms with Crippen LogP contribution in [0.1, 0.15) is 35.3 Å². The quantitative estimate of drug-likeness (QED) is 0.765. The molecule has 0 saturated heterocycles. The van der Waals surface area contributed by atoms with E-state index in [1.54, 1.807) is 18.2 Å². The van der Waals surface area contributed by atoms with Crippen LogP contribution in [0, 0.1) is 11.3 Å². The summed E-state index contributed by atoms with van der Waals surface area (Å²) in [7, 11) is 0. The zero-order valence-electron chi connectivity index (χ0n) is 14.1. The molecule has 6 nitrogen and oxygen atoms in total. The Labute approximate surface area is 153 Å². The highest BCUT2D eigenvalue weighted by Crippen LogP contribution is 2.37. The largest absolute Gasteiger partial charge is 0.419 e. The van der Waals surface area contributed by atoms with E-state index in [4.69, 9.17) is 4.42 Å². The smallest absolute Gasteiger partial charge is 0.408 e. The third-order valence-electron chi connectivity index (χ3n) is 4.67. The number of carbonyl (C=O) groups is 1. The number of anilines is 1. The van der Waals surface area contributed by atoms with Crippen molar-refractivity contribution in [3.63, 3.8) is 0 Å². The summed E-state index contributed by atoms with van der Waals surface area (Å²) in [6.07, 6.45) is 4.23. The highest BCUT2D eigenvalue weighted by atomic mass is 32.1. The number of aryl methyl sites for hydroxylation is 2. The van der Waals surface area contributed by atoms with Crippen molar-refractivity contribution in [3.8, 4) is 6.07 Å². The van der Waals surface area contributed by atoms with E-state index in [2.05, 4.69) is 11.4 Å². The molecule has 1 aliphatic rings. The van der Waals surface area contributed by atoms with Crippen molar-refractivity contribution in [2.45, 2.75) is 38.6 Å². The minimum Gasteiger partial charge on any atom is -0.408 e. The zero-order valence-corrected chi connectivity index (χ0v) is 14.9. The molecule has 2 heterocycles. The van der Waals surface area contributed by atoms with Crippen LogP contribution in [0.2, 0.25) is 0 Å². The van der Waals surface area contributed by atoms with Gasteiger partial charge in [0.1, 0.15) is 11.1 Å². The summed E-state index contributed by atoms with van der Waals surface area (Å²) in [6.45, 7) is 0.231. The van der Waals surface area contributed by atoms with E-state index in [0.29, 0.717) is 21.7 Å². The summed E-state index contributed by atoms with van der Waals surface area (Å²) in [6, 6.07) is 9.37. The Morgan fingerprint density at radius 2 is 2.12 bits per heavy atom. The van der Waals surface area contributed by atoms with Gasteiger partial charge in [0, 0.05) is 17.8 Å². The number of carbonyl (C=O) groups excluding carboxylic acids is 1. The lowest BCUT2D eigenvalue weighted by Crippen LogP contribution is -2.19. The molecule has 0 bridgehead atoms. The second kappa shape index (κ2) is 6.81. The van der Waals surface area contributed by atoms with Gasteiger partial charge in [-0.05, 0) is 43.4 Å². The normalized spacial score (nSPS) is 13.3. The number of hydrogen-bond donors (Lipinski definition) is 1. The van der Waals surface area contributed by atoms with Gasteiger partial charge in [-0.3, -0.25) is 9.36 Å². The van der Waals surface area contributed by atoms with Gasteiger partial charge < -0.3 is 9.73 Å². The minimum atomic E-state index is -0.469. The summed E-state index contributed by atoms with van der Waals surface area (Å²) in [5.41, 5.74) is 2.88. The molecule has 1 N–H and O–H groups in total. The number of fused-ring (bicyclic) bond motifs is 2. The van der Waals surface area contributed by atoms with Crippen molar-refractivity contribution in [3.05, 3.63) is 50.8 Å². The number of amides is 1. The fourth-order valence-electron chi connectivity index (χ4n) is 3.40. The number of rotatable bonds is 4. The predicted molar refractivity (Wildman–Crippen MR) is 99.4 cm³/mol. The van der Waals surface area contributed by atoms with Gasteiger partial charge in [0.25, 0.3) is 0 Å². The van der Waals surface area contributed by atoms with E-state index in [-0.39, 0.29) is 18.9 Å². The molecule has 1 aromatic carbocycles. The fourth-order valence-corrected chi connectivity index (χ4v) is 4.66. The number of hydrogen-bond acceptors (Lipinski definition) is 5. The van der Waals surface area contributed by atoms with E-state index in [1.165, 1.54) is 20.8 Å². The summed E-state index contributed by atoms with van der Waals surface area (Å²) >= 11 is 1.50. The van der Waals surface area contributed by atoms with Crippen LogP contribution in [0.5, 0.6) is 0 Å². The minimum absolute atomic E-state index is 0.136. The van der Waals surface area contributed by atoms with Crippen molar-refractivity contribution in [2.24, 2.45) is 0 Å². The van der Waals surface area contributed by atoms with Crippen LogP contribution >= 0.6 is 11.3 Å². The topological polar surface area (TPSA) is 88.0 Å². The number of nitrogens with one attached hydrogen (secondary N) is 1. The maximum Gasteiger partial charge on any atom is 0.419 e. The number of thiophene rings is 1. The molecule has 3 aromatic rings. The first-order valence-electron chi connectivity index (χ1n) is 8.60. The van der Waals surface area contributed by atoms with Gasteiger partial charge in [0.05, 0.1) is 11.1 Å². The lowest BCUT2D eigenvalue weighted by molar-refractivity contribution is -0.116. The average molecular weight is 367 g/mol. The summed E-state index contributed by atoms with van der Waals surface area (Å²) < 4.78 is 6.63. The van der Waals surface area contributed by atoms with Crippen LogP contribution in [-0.2, 0) is 24.2 Å². The fraction of sp³-hybridized carbons (Fsp3) is 0.316. The van der Waals surface area contributed by atoms with Crippen molar-refractivity contribution >= 4 is 33.3 Å². The molecule has 26 heavy (non-hydrogen) atoms. The molecule has 0 saturated carbocycles. The molecule has 1 aliphatic carbocycles. The average Bonchev–Trinajstić information content (AvgIpc) is 3.15. The van der Waals surface area contributed by atoms with Crippen LogP contribution in [0.4, 0.5) is 5.00 Å². The lowest BCUT2D eigenvalue weighted by atomic mass is 9.96. The Morgan fingerprint density at radius 1 is 1.31 bits per heavy atom. The van der Waals surface area contributed by atoms with Crippen molar-refractivity contribution in [1.29, 1.82) is 5.26 Å². The molecule has 0 fully saturated rings. The monoisotopic (exact) mass is 367 g/mol. The Bertz CT molecular complexity index is 1080. The predicted octanol–water partition coefficient (Wildman–Crippen LogP) is 3.44. The molecule has 1 amide bonds. The standard InChI is InChI=1S/C19H17N3O3S/c20-11-13-12-5-1-4-8-16(12)26-18(13)21-17(23)9-10-22-14-6-2-3-7-15(14)25-19(22)24/h2-3,6-7H,1,4-5,8-10H2,(H,21,23). The highest BCUT2D eigenvalue weighted by molar-refractivity contribution is 7.16. The maximum absolute atomic E-state index is 12.4. The van der Waals surface area contributed by atoms with Crippen molar-refractivity contribution in [1.82, 2.24) is 4.57 Å². The molecule has 0 radical (unpaired) electrons. The number of nitrogens with zero attached hydrogens (tertiary/aromatic N) is 2. The molecule has 132 valence electrons. The molecule has 2 aromatic heterocycles. The van der Waals surface area contributed by atoms with E-state index < -0.39 is 5.76 Å². The van der Waals surface area contributed by atoms with Crippen LogP contribution in [0.25, 0.3) is 11.1 Å². The van der Waals surface area contributed by atoms with Gasteiger partial charge in [-0.1, -0.05) is 12.1 Å². The third-order valence-corrected chi connectivity index (χ3v) is 5.88. The molecular weight excluding hydrogens is 350 g/mol. The second-order valence-electron chi connectivity index (χ2n) is 6.31. The number of oxazole rings is 1. The van der Waals surface area contributed by atoms with Crippen LogP contribution in [0.3, 0.4) is 0 Å². The van der Waals surface area contributed by atoms with Crippen LogP contribution < -0.4 is 11.1 Å². The van der Waals surface area contributed by atoms with E-state index in [9.17, 15) is 14.9 Å². The maximum atomic E-state index is 12.4. The highest BCUT2D eigenvalue weighted by Gasteiger charge is 2.21. The van der Waals surface area contributed by atoms with Gasteiger partial charge in [-0.2, -0.15) is 5.26 Å². The Kier molecular flexibility index (Phi) is 4.35. The molecule has 0 unspecified atom stereocenters.